The molecule has 40 nitrogen and oxygen atoms in total. The Morgan fingerprint density at radius 3 is 0.667 bits per heavy atom. The molecular weight excluding hydrogens is 1450 g/mol. The van der Waals surface area contributed by atoms with Crippen molar-refractivity contribution in [2.24, 2.45) is 21.7 Å². The molecule has 0 saturated heterocycles. The van der Waals surface area contributed by atoms with Crippen LogP contribution in [0.15, 0.2) is 48.5 Å². The highest BCUT2D eigenvalue weighted by atomic mass is 16.6. The van der Waals surface area contributed by atoms with Crippen molar-refractivity contribution in [1.29, 1.82) is 0 Å². The lowest BCUT2D eigenvalue weighted by atomic mass is 9.97. The van der Waals surface area contributed by atoms with E-state index in [9.17, 15) is 150 Å². The van der Waals surface area contributed by atoms with E-state index in [-0.39, 0.29) is 65.3 Å². The van der Waals surface area contributed by atoms with Crippen molar-refractivity contribution in [1.82, 2.24) is 0 Å². The first-order valence-corrected chi connectivity index (χ1v) is 30.6. The number of benzene rings is 8. The zero-order valence-electron chi connectivity index (χ0n) is 58.6. The number of carboxylic acids is 4. The first kappa shape index (κ1) is 84.4. The van der Waals surface area contributed by atoms with E-state index in [2.05, 4.69) is 0 Å². The summed E-state index contributed by atoms with van der Waals surface area (Å²) in [6, 6.07) is 7.51. The molecule has 40 heteroatoms. The van der Waals surface area contributed by atoms with Crippen LogP contribution in [0.5, 0.6) is 69.0 Å². The minimum atomic E-state index is -1.73. The van der Waals surface area contributed by atoms with E-state index in [1.54, 1.807) is 83.1 Å². The van der Waals surface area contributed by atoms with Crippen LogP contribution in [0, 0.1) is 62.1 Å². The molecule has 0 fully saturated rings. The molecule has 0 radical (unpaired) electrons. The van der Waals surface area contributed by atoms with Gasteiger partial charge >= 0.3 is 47.8 Å². The predicted molar refractivity (Wildman–Crippen MR) is 367 cm³/mol. The van der Waals surface area contributed by atoms with Gasteiger partial charge in [0.2, 0.25) is 11.5 Å². The summed E-state index contributed by atoms with van der Waals surface area (Å²) in [7, 11) is 0. The number of ether oxygens (including phenoxy) is 4. The van der Waals surface area contributed by atoms with Crippen LogP contribution in [0.4, 0.5) is 22.7 Å². The molecule has 576 valence electrons. The summed E-state index contributed by atoms with van der Waals surface area (Å²) >= 11 is 0. The molecule has 108 heavy (non-hydrogen) atoms. The number of carboxylic acid groups (broad SMARTS) is 4. The average Bonchev–Trinajstić information content (AvgIpc) is 0.773. The van der Waals surface area contributed by atoms with Crippen molar-refractivity contribution in [3.8, 4) is 69.0 Å². The lowest BCUT2D eigenvalue weighted by Gasteiger charge is -2.17. The maximum absolute atomic E-state index is 11.9. The zero-order valence-corrected chi connectivity index (χ0v) is 58.6. The van der Waals surface area contributed by atoms with Gasteiger partial charge in [-0.1, -0.05) is 0 Å². The van der Waals surface area contributed by atoms with Crippen molar-refractivity contribution in [2.75, 3.05) is 0 Å². The SMILES string of the molecule is CC(C)(C)C(=O)OCc1cc2c(C(=O)O)c(O)c(O)c(O)c2cc1[N+](=O)[O-].CC(C)(C)C(=O)OCc1cc2c(O)c(C(=O)O)c(O)c(O)c2cc1[N+](=O)[O-].CC(C)(C)C(=O)OCc1cc2c(O)c(O)c(C(=O)O)c(O)c2cc1[N+](=O)[O-].CC(C)(C)C(=O)OCc1cc2c(O)c(O)c(O)c(C(=O)O)c2cc1[N+](=O)[O-]. The van der Waals surface area contributed by atoms with Gasteiger partial charge in [0, 0.05) is 67.4 Å². The van der Waals surface area contributed by atoms with E-state index in [1.807, 2.05) is 0 Å². The number of nitro benzene ring substituents is 4. The van der Waals surface area contributed by atoms with E-state index >= 15 is 0 Å². The summed E-state index contributed by atoms with van der Waals surface area (Å²) in [5.74, 6) is -21.2. The Bertz CT molecular complexity index is 5110. The number of nitro groups is 4. The van der Waals surface area contributed by atoms with E-state index in [0.717, 1.165) is 48.5 Å². The third kappa shape index (κ3) is 17.9. The van der Waals surface area contributed by atoms with Crippen molar-refractivity contribution < 1.29 is 159 Å². The highest BCUT2D eigenvalue weighted by molar-refractivity contribution is 6.13. The van der Waals surface area contributed by atoms with Crippen LogP contribution < -0.4 is 0 Å². The summed E-state index contributed by atoms with van der Waals surface area (Å²) in [4.78, 5) is 135. The van der Waals surface area contributed by atoms with Crippen LogP contribution >= 0.6 is 0 Å². The monoisotopic (exact) mass is 1520 g/mol. The number of carbonyl (C=O) groups excluding carboxylic acids is 4. The summed E-state index contributed by atoms with van der Waals surface area (Å²) < 4.78 is 20.2. The van der Waals surface area contributed by atoms with Gasteiger partial charge in [-0.15, -0.1) is 0 Å². The van der Waals surface area contributed by atoms with Crippen LogP contribution in [0.2, 0.25) is 0 Å². The fourth-order valence-electron chi connectivity index (χ4n) is 9.50. The van der Waals surface area contributed by atoms with Crippen LogP contribution in [0.3, 0.4) is 0 Å². The molecule has 0 atom stereocenters. The quantitative estimate of drug-likeness (QED) is 0.0107. The molecule has 0 aliphatic rings. The molecule has 0 bridgehead atoms. The Morgan fingerprint density at radius 1 is 0.269 bits per heavy atom. The van der Waals surface area contributed by atoms with Crippen LogP contribution in [-0.2, 0) is 64.6 Å². The standard InChI is InChI=1S/4C17H17NO9/c1-17(2,3)16(24)27-6-7-4-9-8(5-10(7)18(25)26)11(15(22)23)13(20)14(21)12(9)19;1-17(2,3)16(24)27-6-7-4-8-9(5-10(7)18(25)26)12(19)11(15(22)23)14(21)13(8)20;1-17(2,3)16(24)27-6-7-4-8-9(5-10(7)18(25)26)13(20)14(21)11(12(8)19)15(22)23;1-17(2,3)16(24)27-6-7-4-8-9(5-10(7)18(25)26)12(19)14(21)13(20)11(8)15(22)23/h4*4-5,19-21H,6H2,1-3H3,(H,22,23). The minimum absolute atomic E-state index is 0.109. The van der Waals surface area contributed by atoms with Crippen molar-refractivity contribution >= 4 is 114 Å². The smallest absolute Gasteiger partial charge is 0.343 e. The van der Waals surface area contributed by atoms with Crippen LogP contribution in [-0.4, -0.2) is 149 Å². The predicted octanol–water partition coefficient (Wildman–Crippen LogP) is 10.6. The molecule has 0 aliphatic heterocycles. The average molecular weight is 1520 g/mol. The van der Waals surface area contributed by atoms with Crippen molar-refractivity contribution in [3.63, 3.8) is 0 Å². The normalized spacial score (nSPS) is 11.4. The number of aromatic hydroxyl groups is 12. The molecule has 0 aliphatic carbocycles. The first-order chi connectivity index (χ1) is 49.4. The lowest BCUT2D eigenvalue weighted by Crippen LogP contribution is -2.22. The van der Waals surface area contributed by atoms with Gasteiger partial charge in [0.05, 0.1) is 63.6 Å². The van der Waals surface area contributed by atoms with Crippen LogP contribution in [0.25, 0.3) is 43.1 Å². The van der Waals surface area contributed by atoms with E-state index in [4.69, 9.17) is 29.2 Å². The molecule has 8 rings (SSSR count). The third-order valence-corrected chi connectivity index (χ3v) is 15.2. The van der Waals surface area contributed by atoms with Gasteiger partial charge in [-0.05, 0) is 107 Å². The van der Waals surface area contributed by atoms with E-state index in [1.165, 1.54) is 0 Å². The maximum atomic E-state index is 11.9. The second kappa shape index (κ2) is 31.4. The zero-order chi connectivity index (χ0) is 82.7. The molecule has 0 amide bonds. The summed E-state index contributed by atoms with van der Waals surface area (Å²) in [5.41, 5.74) is -9.63. The summed E-state index contributed by atoms with van der Waals surface area (Å²) in [6.45, 7) is 17.1. The number of hydrogen-bond acceptors (Lipinski definition) is 32. The van der Waals surface area contributed by atoms with Gasteiger partial charge in [-0.25, -0.2) is 19.2 Å². The van der Waals surface area contributed by atoms with Gasteiger partial charge in [0.25, 0.3) is 22.7 Å². The minimum Gasteiger partial charge on any atom is -0.506 e. The number of rotatable bonds is 16. The van der Waals surface area contributed by atoms with Gasteiger partial charge in [0.1, 0.15) is 60.2 Å². The topological polar surface area (TPSA) is 670 Å². The third-order valence-electron chi connectivity index (χ3n) is 15.2. The number of hydrogen-bond donors (Lipinski definition) is 16. The summed E-state index contributed by atoms with van der Waals surface area (Å²) in [6.07, 6.45) is 0. The fourth-order valence-corrected chi connectivity index (χ4v) is 9.50. The van der Waals surface area contributed by atoms with Crippen molar-refractivity contribution in [2.45, 2.75) is 110 Å². The summed E-state index contributed by atoms with van der Waals surface area (Å²) in [5, 5.41) is 199. The molecule has 16 N–H and O–H groups in total. The number of phenolic OH excluding ortho intramolecular Hbond substituents is 6. The number of aromatic carboxylic acids is 4. The first-order valence-electron chi connectivity index (χ1n) is 30.6. The van der Waals surface area contributed by atoms with Gasteiger partial charge in [-0.3, -0.25) is 59.6 Å². The highest BCUT2D eigenvalue weighted by Crippen LogP contribution is 2.51. The Hall–Kier alpha value is -14.2. The molecule has 0 heterocycles. The lowest BCUT2D eigenvalue weighted by molar-refractivity contribution is -0.385. The molecule has 0 aromatic heterocycles. The van der Waals surface area contributed by atoms with Crippen molar-refractivity contribution in [3.05, 3.63) is 133 Å². The highest BCUT2D eigenvalue weighted by Gasteiger charge is 2.35. The van der Waals surface area contributed by atoms with E-state index in [0.29, 0.717) is 0 Å². The molecule has 0 spiro atoms. The Balaban J connectivity index is 0.000000258. The number of fused-ring (bicyclic) bond motifs is 4. The number of esters is 4. The Morgan fingerprint density at radius 2 is 0.435 bits per heavy atom. The van der Waals surface area contributed by atoms with Gasteiger partial charge in [0.15, 0.2) is 46.0 Å². The van der Waals surface area contributed by atoms with Gasteiger partial charge < -0.3 is 101 Å². The number of phenols is 12. The second-order valence-electron chi connectivity index (χ2n) is 27.3. The molecule has 8 aromatic carbocycles. The number of carbonyl (C=O) groups is 8. The van der Waals surface area contributed by atoms with Gasteiger partial charge in [-0.2, -0.15) is 0 Å². The largest absolute Gasteiger partial charge is 0.506 e. The molecule has 0 unspecified atom stereocenters. The Labute approximate surface area is 604 Å². The fraction of sp³-hybridized carbons (Fsp3) is 0.294. The van der Waals surface area contributed by atoms with Crippen LogP contribution in [0.1, 0.15) is 147 Å². The van der Waals surface area contributed by atoms with E-state index < -0.39 is 230 Å². The second-order valence-corrected chi connectivity index (χ2v) is 27.3. The maximum Gasteiger partial charge on any atom is 0.343 e. The molecule has 8 aromatic rings. The Kier molecular flexibility index (Phi) is 24.5. The number of nitrogens with zero attached hydrogens (tertiary/aromatic N) is 4. The molecule has 0 saturated carbocycles. The molecular formula is C68H68N4O36.